The number of carbonyl (C=O) groups is 1. The number of nitrogens with one attached hydrogen (secondary N) is 1. The summed E-state index contributed by atoms with van der Waals surface area (Å²) in [5, 5.41) is 14.7. The van der Waals surface area contributed by atoms with E-state index in [2.05, 4.69) is 10.3 Å². The molecule has 2 aromatic carbocycles. The molecule has 27 heavy (non-hydrogen) atoms. The molecule has 0 saturated carbocycles. The van der Waals surface area contributed by atoms with E-state index in [1.165, 1.54) is 30.0 Å². The smallest absolute Gasteiger partial charge is 0.271 e. The van der Waals surface area contributed by atoms with E-state index in [0.29, 0.717) is 15.9 Å². The molecule has 138 valence electrons. The first-order valence-corrected chi connectivity index (χ1v) is 9.34. The Labute approximate surface area is 168 Å². The molecule has 10 heteroatoms. The van der Waals surface area contributed by atoms with Crippen LogP contribution >= 0.6 is 35.0 Å². The molecule has 0 saturated heterocycles. The van der Waals surface area contributed by atoms with Crippen molar-refractivity contribution in [3.8, 4) is 5.69 Å². The molecule has 0 fully saturated rings. The average molecular weight is 423 g/mol. The van der Waals surface area contributed by atoms with Gasteiger partial charge in [-0.3, -0.25) is 19.5 Å². The number of halogens is 2. The number of non-ortho nitro benzene ring substituents is 1. The predicted octanol–water partition coefficient (Wildman–Crippen LogP) is 4.82. The molecule has 1 amide bonds. The highest BCUT2D eigenvalue weighted by Gasteiger charge is 2.13. The van der Waals surface area contributed by atoms with Crippen molar-refractivity contribution < 1.29 is 9.72 Å². The maximum atomic E-state index is 12.2. The van der Waals surface area contributed by atoms with Crippen molar-refractivity contribution in [2.24, 2.45) is 0 Å². The molecular weight excluding hydrogens is 411 g/mol. The van der Waals surface area contributed by atoms with E-state index in [1.807, 2.05) is 16.7 Å². The molecule has 0 bridgehead atoms. The van der Waals surface area contributed by atoms with E-state index >= 15 is 0 Å². The first-order valence-electron chi connectivity index (χ1n) is 7.60. The summed E-state index contributed by atoms with van der Waals surface area (Å²) in [6.07, 6.45) is 3.41. The lowest BCUT2D eigenvalue weighted by molar-refractivity contribution is -0.384. The van der Waals surface area contributed by atoms with Gasteiger partial charge in [0.15, 0.2) is 5.16 Å². The fourth-order valence-corrected chi connectivity index (χ4v) is 3.43. The second-order valence-corrected chi connectivity index (χ2v) is 7.10. The second-order valence-electron chi connectivity index (χ2n) is 5.32. The number of anilines is 1. The molecule has 0 aliphatic heterocycles. The maximum Gasteiger partial charge on any atom is 0.271 e. The summed E-state index contributed by atoms with van der Waals surface area (Å²) in [6.45, 7) is 0. The number of nitro groups is 1. The van der Waals surface area contributed by atoms with Crippen molar-refractivity contribution >= 4 is 52.2 Å². The third-order valence-electron chi connectivity index (χ3n) is 3.46. The van der Waals surface area contributed by atoms with Crippen molar-refractivity contribution in [3.63, 3.8) is 0 Å². The Balaban J connectivity index is 1.65. The van der Waals surface area contributed by atoms with Gasteiger partial charge in [-0.15, -0.1) is 0 Å². The minimum Gasteiger partial charge on any atom is -0.324 e. The van der Waals surface area contributed by atoms with Crippen molar-refractivity contribution in [1.82, 2.24) is 9.55 Å². The standard InChI is InChI=1S/C17H12Cl2N4O3S/c18-11-2-1-3-12(8-11)22-7-6-20-17(22)27-10-16(24)21-15-5-4-13(23(25)26)9-14(15)19/h1-9H,10H2,(H,21,24). The van der Waals surface area contributed by atoms with Gasteiger partial charge in [-0.25, -0.2) is 4.98 Å². The number of hydrogen-bond acceptors (Lipinski definition) is 5. The lowest BCUT2D eigenvalue weighted by atomic mass is 10.3. The van der Waals surface area contributed by atoms with Crippen LogP contribution in [-0.2, 0) is 4.79 Å². The van der Waals surface area contributed by atoms with Crippen molar-refractivity contribution in [1.29, 1.82) is 0 Å². The summed E-state index contributed by atoms with van der Waals surface area (Å²) in [7, 11) is 0. The molecule has 0 atom stereocenters. The Bertz CT molecular complexity index is 1010. The Morgan fingerprint density at radius 1 is 1.26 bits per heavy atom. The molecule has 3 rings (SSSR count). The summed E-state index contributed by atoms with van der Waals surface area (Å²) >= 11 is 13.2. The molecule has 7 nitrogen and oxygen atoms in total. The largest absolute Gasteiger partial charge is 0.324 e. The van der Waals surface area contributed by atoms with Gasteiger partial charge in [0.2, 0.25) is 5.91 Å². The zero-order valence-corrected chi connectivity index (χ0v) is 16.0. The first kappa shape index (κ1) is 19.2. The summed E-state index contributed by atoms with van der Waals surface area (Å²) in [5.74, 6) is -0.221. The van der Waals surface area contributed by atoms with Crippen LogP contribution in [0.4, 0.5) is 11.4 Å². The van der Waals surface area contributed by atoms with Gasteiger partial charge in [-0.1, -0.05) is 41.0 Å². The molecule has 0 unspecified atom stereocenters. The third kappa shape index (κ3) is 4.79. The number of nitro benzene ring substituents is 1. The molecule has 1 aromatic heterocycles. The van der Waals surface area contributed by atoms with Gasteiger partial charge in [-0.05, 0) is 24.3 Å². The number of rotatable bonds is 6. The van der Waals surface area contributed by atoms with Crippen LogP contribution in [-0.4, -0.2) is 26.1 Å². The average Bonchev–Trinajstić information content (AvgIpc) is 3.10. The lowest BCUT2D eigenvalue weighted by Gasteiger charge is -2.09. The number of thioether (sulfide) groups is 1. The van der Waals surface area contributed by atoms with Gasteiger partial charge < -0.3 is 5.32 Å². The summed E-state index contributed by atoms with van der Waals surface area (Å²) in [6, 6.07) is 11.1. The van der Waals surface area contributed by atoms with Crippen LogP contribution in [0.1, 0.15) is 0 Å². The maximum absolute atomic E-state index is 12.2. The topological polar surface area (TPSA) is 90.1 Å². The van der Waals surface area contributed by atoms with Crippen molar-refractivity contribution in [2.75, 3.05) is 11.1 Å². The highest BCUT2D eigenvalue weighted by molar-refractivity contribution is 7.99. The number of benzene rings is 2. The second kappa shape index (κ2) is 8.43. The molecule has 0 spiro atoms. The SMILES string of the molecule is O=C(CSc1nccn1-c1cccc(Cl)c1)Nc1ccc([N+](=O)[O-])cc1Cl. The number of nitrogens with zero attached hydrogens (tertiary/aromatic N) is 3. The fraction of sp³-hybridized carbons (Fsp3) is 0.0588. The van der Waals surface area contributed by atoms with Gasteiger partial charge in [-0.2, -0.15) is 0 Å². The molecular formula is C17H12Cl2N4O3S. The number of hydrogen-bond donors (Lipinski definition) is 1. The Morgan fingerprint density at radius 2 is 2.07 bits per heavy atom. The number of imidazole rings is 1. The number of amides is 1. The third-order valence-corrected chi connectivity index (χ3v) is 4.98. The molecule has 3 aromatic rings. The minimum absolute atomic E-state index is 0.0882. The van der Waals surface area contributed by atoms with Gasteiger partial charge in [0.1, 0.15) is 0 Å². The summed E-state index contributed by atoms with van der Waals surface area (Å²) < 4.78 is 1.82. The molecule has 1 heterocycles. The quantitative estimate of drug-likeness (QED) is 0.349. The zero-order valence-electron chi connectivity index (χ0n) is 13.6. The van der Waals surface area contributed by atoms with E-state index in [4.69, 9.17) is 23.2 Å². The van der Waals surface area contributed by atoms with Crippen LogP contribution < -0.4 is 5.32 Å². The van der Waals surface area contributed by atoms with E-state index < -0.39 is 4.92 Å². The lowest BCUT2D eigenvalue weighted by Crippen LogP contribution is -2.15. The zero-order chi connectivity index (χ0) is 19.4. The normalized spacial score (nSPS) is 10.6. The van der Waals surface area contributed by atoms with Gasteiger partial charge >= 0.3 is 0 Å². The Morgan fingerprint density at radius 3 is 2.78 bits per heavy atom. The predicted molar refractivity (Wildman–Crippen MR) is 106 cm³/mol. The number of carbonyl (C=O) groups excluding carboxylic acids is 1. The van der Waals surface area contributed by atoms with Gasteiger partial charge in [0, 0.05) is 35.2 Å². The van der Waals surface area contributed by atoms with E-state index in [-0.39, 0.29) is 22.4 Å². The molecule has 0 aliphatic carbocycles. The highest BCUT2D eigenvalue weighted by atomic mass is 35.5. The van der Waals surface area contributed by atoms with Gasteiger partial charge in [0.05, 0.1) is 21.4 Å². The van der Waals surface area contributed by atoms with E-state index in [0.717, 1.165) is 5.69 Å². The van der Waals surface area contributed by atoms with Crippen LogP contribution in [0.3, 0.4) is 0 Å². The van der Waals surface area contributed by atoms with Crippen LogP contribution in [0.25, 0.3) is 5.69 Å². The van der Waals surface area contributed by atoms with E-state index in [9.17, 15) is 14.9 Å². The summed E-state index contributed by atoms with van der Waals surface area (Å²) in [4.78, 5) is 26.6. The van der Waals surface area contributed by atoms with Crippen LogP contribution in [0.5, 0.6) is 0 Å². The molecule has 0 aliphatic rings. The number of aromatic nitrogens is 2. The first-order chi connectivity index (χ1) is 12.9. The van der Waals surface area contributed by atoms with Crippen LogP contribution in [0.15, 0.2) is 60.0 Å². The van der Waals surface area contributed by atoms with Crippen molar-refractivity contribution in [2.45, 2.75) is 5.16 Å². The highest BCUT2D eigenvalue weighted by Crippen LogP contribution is 2.27. The molecule has 1 N–H and O–H groups in total. The van der Waals surface area contributed by atoms with Crippen LogP contribution in [0, 0.1) is 10.1 Å². The van der Waals surface area contributed by atoms with Crippen LogP contribution in [0.2, 0.25) is 10.0 Å². The van der Waals surface area contributed by atoms with Gasteiger partial charge in [0.25, 0.3) is 5.69 Å². The monoisotopic (exact) mass is 422 g/mol. The fourth-order valence-electron chi connectivity index (χ4n) is 2.25. The van der Waals surface area contributed by atoms with Crippen molar-refractivity contribution in [3.05, 3.63) is 75.0 Å². The molecule has 0 radical (unpaired) electrons. The van der Waals surface area contributed by atoms with E-state index in [1.54, 1.807) is 24.5 Å². The Kier molecular flexibility index (Phi) is 6.00. The minimum atomic E-state index is -0.553. The summed E-state index contributed by atoms with van der Waals surface area (Å²) in [5.41, 5.74) is 1.00. The Hall–Kier alpha value is -2.55.